The number of hydrogen-bond donors (Lipinski definition) is 0. The summed E-state index contributed by atoms with van der Waals surface area (Å²) < 4.78 is 0. The highest BCUT2D eigenvalue weighted by Crippen LogP contribution is 2.66. The van der Waals surface area contributed by atoms with E-state index in [1.54, 1.807) is 0 Å². The lowest BCUT2D eigenvalue weighted by Crippen LogP contribution is -2.26. The largest absolute Gasteiger partial charge is 0.310 e. The van der Waals surface area contributed by atoms with Gasteiger partial charge in [-0.25, -0.2) is 0 Å². The molecule has 0 heterocycles. The van der Waals surface area contributed by atoms with Gasteiger partial charge in [0.25, 0.3) is 0 Å². The minimum Gasteiger partial charge on any atom is -0.310 e. The van der Waals surface area contributed by atoms with Crippen molar-refractivity contribution in [3.05, 3.63) is 185 Å². The summed E-state index contributed by atoms with van der Waals surface area (Å²) in [5.41, 5.74) is 21.7. The Labute approximate surface area is 302 Å². The molecule has 2 aliphatic carbocycles. The molecule has 0 radical (unpaired) electrons. The van der Waals surface area contributed by atoms with Crippen molar-refractivity contribution < 1.29 is 0 Å². The molecule has 0 saturated carbocycles. The van der Waals surface area contributed by atoms with Crippen LogP contribution in [-0.4, -0.2) is 0 Å². The Kier molecular flexibility index (Phi) is 7.03. The predicted octanol–water partition coefficient (Wildman–Crippen LogP) is 13.7. The minimum absolute atomic E-state index is 0.261. The summed E-state index contributed by atoms with van der Waals surface area (Å²) in [5.74, 6) is 0. The molecule has 0 aromatic heterocycles. The minimum atomic E-state index is -0.261. The molecule has 2 aliphatic rings. The number of hydrogen-bond acceptors (Lipinski definition) is 1. The van der Waals surface area contributed by atoms with E-state index in [4.69, 9.17) is 0 Å². The van der Waals surface area contributed by atoms with Crippen LogP contribution in [0.3, 0.4) is 0 Å². The summed E-state index contributed by atoms with van der Waals surface area (Å²) >= 11 is 0. The topological polar surface area (TPSA) is 3.24 Å². The highest BCUT2D eigenvalue weighted by atomic mass is 15.2. The molecule has 0 fully saturated rings. The third-order valence-electron chi connectivity index (χ3n) is 11.4. The normalized spacial score (nSPS) is 14.4. The monoisotopic (exact) mass is 657 g/mol. The van der Waals surface area contributed by atoms with Crippen LogP contribution in [0.5, 0.6) is 0 Å². The van der Waals surface area contributed by atoms with Crippen molar-refractivity contribution in [2.75, 3.05) is 4.90 Å². The molecule has 9 rings (SSSR count). The third kappa shape index (κ3) is 4.68. The van der Waals surface area contributed by atoms with Crippen molar-refractivity contribution in [2.45, 2.75) is 52.4 Å². The van der Waals surface area contributed by atoms with Gasteiger partial charge in [0, 0.05) is 22.2 Å². The lowest BCUT2D eigenvalue weighted by atomic mass is 9.73. The van der Waals surface area contributed by atoms with Gasteiger partial charge in [-0.15, -0.1) is 0 Å². The van der Waals surface area contributed by atoms with Crippen LogP contribution in [0.1, 0.15) is 61.1 Å². The zero-order chi connectivity index (χ0) is 35.1. The van der Waals surface area contributed by atoms with E-state index in [9.17, 15) is 0 Å². The van der Waals surface area contributed by atoms with Gasteiger partial charge < -0.3 is 4.90 Å². The molecule has 51 heavy (non-hydrogen) atoms. The zero-order valence-electron chi connectivity index (χ0n) is 30.4. The fourth-order valence-electron chi connectivity index (χ4n) is 9.32. The molecule has 0 N–H and O–H groups in total. The van der Waals surface area contributed by atoms with Crippen molar-refractivity contribution in [1.29, 1.82) is 0 Å². The van der Waals surface area contributed by atoms with E-state index >= 15 is 0 Å². The van der Waals surface area contributed by atoms with Crippen LogP contribution < -0.4 is 4.90 Å². The summed E-state index contributed by atoms with van der Waals surface area (Å²) in [6, 6.07) is 56.4. The van der Waals surface area contributed by atoms with Crippen molar-refractivity contribution >= 4 is 17.1 Å². The Morgan fingerprint density at radius 1 is 0.392 bits per heavy atom. The van der Waals surface area contributed by atoms with Crippen molar-refractivity contribution in [2.24, 2.45) is 0 Å². The molecular formula is C50H43N. The van der Waals surface area contributed by atoms with Crippen LogP contribution in [-0.2, 0) is 10.8 Å². The Balaban J connectivity index is 1.49. The van der Waals surface area contributed by atoms with E-state index in [-0.39, 0.29) is 10.8 Å². The molecule has 0 aliphatic heterocycles. The highest BCUT2D eigenvalue weighted by Gasteiger charge is 2.48. The Bertz CT molecular complexity index is 2340. The van der Waals surface area contributed by atoms with Crippen LogP contribution in [0.15, 0.2) is 152 Å². The van der Waals surface area contributed by atoms with E-state index in [2.05, 4.69) is 198 Å². The Morgan fingerprint density at radius 3 is 1.35 bits per heavy atom. The van der Waals surface area contributed by atoms with Crippen molar-refractivity contribution in [3.63, 3.8) is 0 Å². The standard InChI is InChI=1S/C50H43N/c1-32-28-33(2)30-36(29-32)34-18-17-19-35(31-34)43-44-39-24-13-15-26-41(39)49(3,4)46(44)48(47-45(43)40-25-14-16-27-42(40)50(47,5)6)51(37-20-9-7-10-21-37)38-22-11-8-12-23-38/h7-31H,1-6H3. The number of aryl methyl sites for hydroxylation is 2. The van der Waals surface area contributed by atoms with Crippen LogP contribution in [0.25, 0.3) is 44.5 Å². The molecule has 7 aromatic carbocycles. The number of para-hydroxylation sites is 2. The SMILES string of the molecule is Cc1cc(C)cc(-c2cccc(-c3c4c(c(N(c5ccccc5)c5ccccc5)c5c3-c3ccccc3C5(C)C)C(C)(C)c3ccccc3-4)c2)c1. The molecule has 1 nitrogen and oxygen atoms in total. The summed E-state index contributed by atoms with van der Waals surface area (Å²) in [5, 5.41) is 0. The van der Waals surface area contributed by atoms with Gasteiger partial charge >= 0.3 is 0 Å². The van der Waals surface area contributed by atoms with Crippen LogP contribution in [0.2, 0.25) is 0 Å². The van der Waals surface area contributed by atoms with E-state index in [1.807, 2.05) is 0 Å². The fraction of sp³-hybridized carbons (Fsp3) is 0.160. The second-order valence-electron chi connectivity index (χ2n) is 15.5. The van der Waals surface area contributed by atoms with Crippen LogP contribution in [0, 0.1) is 13.8 Å². The molecule has 7 aromatic rings. The maximum Gasteiger partial charge on any atom is 0.0556 e. The first-order chi connectivity index (χ1) is 24.7. The molecular weight excluding hydrogens is 615 g/mol. The first kappa shape index (κ1) is 31.3. The molecule has 0 atom stereocenters. The van der Waals surface area contributed by atoms with E-state index in [1.165, 1.54) is 83.6 Å². The van der Waals surface area contributed by atoms with Gasteiger partial charge in [0.15, 0.2) is 0 Å². The van der Waals surface area contributed by atoms with E-state index in [0.717, 1.165) is 11.4 Å². The van der Waals surface area contributed by atoms with Crippen LogP contribution in [0.4, 0.5) is 17.1 Å². The summed E-state index contributed by atoms with van der Waals surface area (Å²) in [4.78, 5) is 2.55. The van der Waals surface area contributed by atoms with Gasteiger partial charge in [-0.3, -0.25) is 0 Å². The molecule has 0 amide bonds. The smallest absolute Gasteiger partial charge is 0.0556 e. The number of rotatable bonds is 5. The van der Waals surface area contributed by atoms with Gasteiger partial charge in [0.05, 0.1) is 5.69 Å². The van der Waals surface area contributed by atoms with E-state index < -0.39 is 0 Å². The van der Waals surface area contributed by atoms with E-state index in [0.29, 0.717) is 0 Å². The molecule has 0 bridgehead atoms. The summed E-state index contributed by atoms with van der Waals surface area (Å²) in [6.07, 6.45) is 0. The molecule has 248 valence electrons. The van der Waals surface area contributed by atoms with Gasteiger partial charge in [-0.2, -0.15) is 0 Å². The third-order valence-corrected chi connectivity index (χ3v) is 11.4. The number of anilines is 3. The second-order valence-corrected chi connectivity index (χ2v) is 15.5. The van der Waals surface area contributed by atoms with Gasteiger partial charge in [0.2, 0.25) is 0 Å². The summed E-state index contributed by atoms with van der Waals surface area (Å²) in [6.45, 7) is 14.1. The zero-order valence-corrected chi connectivity index (χ0v) is 30.4. The molecule has 0 spiro atoms. The number of benzene rings is 7. The van der Waals surface area contributed by atoms with Crippen molar-refractivity contribution in [3.8, 4) is 44.5 Å². The Hall–Kier alpha value is -5.66. The van der Waals surface area contributed by atoms with Crippen LogP contribution >= 0.6 is 0 Å². The Morgan fingerprint density at radius 2 is 0.843 bits per heavy atom. The molecule has 1 heteroatoms. The fourth-order valence-corrected chi connectivity index (χ4v) is 9.32. The van der Waals surface area contributed by atoms with Gasteiger partial charge in [-0.05, 0) is 111 Å². The first-order valence-electron chi connectivity index (χ1n) is 18.2. The average Bonchev–Trinajstić information content (AvgIpc) is 3.52. The van der Waals surface area contributed by atoms with Gasteiger partial charge in [0.1, 0.15) is 0 Å². The molecule has 0 unspecified atom stereocenters. The highest BCUT2D eigenvalue weighted by molar-refractivity contribution is 6.09. The quantitative estimate of drug-likeness (QED) is 0.178. The number of nitrogens with zero attached hydrogens (tertiary/aromatic N) is 1. The predicted molar refractivity (Wildman–Crippen MR) is 217 cm³/mol. The lowest BCUT2D eigenvalue weighted by molar-refractivity contribution is 0.640. The maximum absolute atomic E-state index is 2.55. The van der Waals surface area contributed by atoms with Gasteiger partial charge in [-0.1, -0.05) is 160 Å². The lowest BCUT2D eigenvalue weighted by Gasteiger charge is -2.38. The molecule has 0 saturated heterocycles. The number of fused-ring (bicyclic) bond motifs is 6. The second kappa shape index (κ2) is 11.4. The van der Waals surface area contributed by atoms with Crippen molar-refractivity contribution in [1.82, 2.24) is 0 Å². The summed E-state index contributed by atoms with van der Waals surface area (Å²) in [7, 11) is 0. The maximum atomic E-state index is 2.55. The first-order valence-corrected chi connectivity index (χ1v) is 18.2. The average molecular weight is 658 g/mol.